The van der Waals surface area contributed by atoms with Crippen LogP contribution in [-0.2, 0) is 21.1 Å². The molecule has 0 unspecified atom stereocenters. The van der Waals surface area contributed by atoms with Gasteiger partial charge in [0.15, 0.2) is 0 Å². The Morgan fingerprint density at radius 1 is 0.784 bits per heavy atom. The molecular formula is C30H19N5OPt. The molecule has 0 amide bonds. The standard InChI is InChI=1S/C30H19N5O.Pt/c1-33-20-34(30-29(33)31-16-17-32-30)22-10-7-11-23(18-22)36-24-14-15-28-26(19-24)25-12-5-6-13-27(25)35(28)21-8-3-2-4-9-21;/h2-8,10-13,15-17,19-20H,1H3;/q-4;+4. The topological polar surface area (TPSA) is 46.4 Å². The van der Waals surface area contributed by atoms with Gasteiger partial charge in [-0.15, -0.1) is 49.1 Å². The van der Waals surface area contributed by atoms with Crippen LogP contribution >= 0.6 is 0 Å². The van der Waals surface area contributed by atoms with Crippen molar-refractivity contribution >= 4 is 39.1 Å². The molecule has 0 N–H and O–H groups in total. The molecule has 0 bridgehead atoms. The third-order valence-corrected chi connectivity index (χ3v) is 6.26. The maximum Gasteiger partial charge on any atom is 4.00 e. The molecular weight excluding hydrogens is 641 g/mol. The maximum atomic E-state index is 6.25. The summed E-state index contributed by atoms with van der Waals surface area (Å²) >= 11 is 0. The first-order valence-corrected chi connectivity index (χ1v) is 11.6. The SMILES string of the molecule is CN1[CH-]N(c2[c-]c(Oc3[c-]cc4c(c3)c3ccccc3n4-c3[c-]cccc3)ccc2)c2nccnc21.[Pt+4]. The van der Waals surface area contributed by atoms with E-state index < -0.39 is 0 Å². The van der Waals surface area contributed by atoms with Crippen molar-refractivity contribution in [1.29, 1.82) is 0 Å². The Kier molecular flexibility index (Phi) is 5.90. The van der Waals surface area contributed by atoms with E-state index in [1.54, 1.807) is 12.4 Å². The van der Waals surface area contributed by atoms with Crippen molar-refractivity contribution in [3.8, 4) is 17.2 Å². The number of para-hydroxylation sites is 2. The number of rotatable bonds is 4. The van der Waals surface area contributed by atoms with E-state index in [2.05, 4.69) is 63.1 Å². The van der Waals surface area contributed by atoms with Crippen molar-refractivity contribution in [3.05, 3.63) is 116 Å². The van der Waals surface area contributed by atoms with E-state index in [1.807, 2.05) is 72.0 Å². The molecule has 6 nitrogen and oxygen atoms in total. The molecule has 1 aliphatic rings. The average molecular weight is 661 g/mol. The van der Waals surface area contributed by atoms with Gasteiger partial charge in [-0.3, -0.25) is 0 Å². The molecule has 7 heteroatoms. The van der Waals surface area contributed by atoms with E-state index in [1.165, 1.54) is 0 Å². The fourth-order valence-electron chi connectivity index (χ4n) is 4.69. The summed E-state index contributed by atoms with van der Waals surface area (Å²) in [5, 5.41) is 2.23. The smallest absolute Gasteiger partial charge is 0.509 e. The molecule has 37 heavy (non-hydrogen) atoms. The molecule has 180 valence electrons. The summed E-state index contributed by atoms with van der Waals surface area (Å²) in [5.41, 5.74) is 3.97. The Hall–Kier alpha value is -4.15. The van der Waals surface area contributed by atoms with Crippen LogP contribution in [0.4, 0.5) is 17.3 Å². The zero-order chi connectivity index (χ0) is 24.1. The summed E-state index contributed by atoms with van der Waals surface area (Å²) in [4.78, 5) is 12.8. The van der Waals surface area contributed by atoms with Crippen molar-refractivity contribution in [3.63, 3.8) is 0 Å². The van der Waals surface area contributed by atoms with E-state index in [0.717, 1.165) is 44.8 Å². The van der Waals surface area contributed by atoms with E-state index in [4.69, 9.17) is 4.74 Å². The molecule has 0 atom stereocenters. The molecule has 0 fully saturated rings. The van der Waals surface area contributed by atoms with Gasteiger partial charge in [-0.1, -0.05) is 40.5 Å². The number of benzene rings is 4. The molecule has 7 rings (SSSR count). The zero-order valence-electron chi connectivity index (χ0n) is 19.7. The summed E-state index contributed by atoms with van der Waals surface area (Å²) in [6, 6.07) is 36.2. The maximum absolute atomic E-state index is 6.25. The number of hydrogen-bond acceptors (Lipinski definition) is 5. The van der Waals surface area contributed by atoms with Crippen LogP contribution in [0.3, 0.4) is 0 Å². The molecule has 0 radical (unpaired) electrons. The van der Waals surface area contributed by atoms with Gasteiger partial charge in [0.2, 0.25) is 0 Å². The molecule has 1 aliphatic heterocycles. The summed E-state index contributed by atoms with van der Waals surface area (Å²) in [5.74, 6) is 2.77. The normalized spacial score (nSPS) is 12.6. The summed E-state index contributed by atoms with van der Waals surface area (Å²) in [6.45, 7) is 1.94. The van der Waals surface area contributed by atoms with Crippen LogP contribution in [0.1, 0.15) is 0 Å². The number of ether oxygens (including phenoxy) is 1. The van der Waals surface area contributed by atoms with E-state index in [9.17, 15) is 0 Å². The first-order chi connectivity index (χ1) is 17.8. The predicted molar refractivity (Wildman–Crippen MR) is 141 cm³/mol. The average Bonchev–Trinajstić information content (AvgIpc) is 3.44. The fraction of sp³-hybridized carbons (Fsp3) is 0.0333. The first kappa shape index (κ1) is 23.3. The quantitative estimate of drug-likeness (QED) is 0.203. The minimum Gasteiger partial charge on any atom is -0.509 e. The van der Waals surface area contributed by atoms with E-state index in [-0.39, 0.29) is 21.1 Å². The summed E-state index contributed by atoms with van der Waals surface area (Å²) in [7, 11) is 1.95. The van der Waals surface area contributed by atoms with Gasteiger partial charge in [0.25, 0.3) is 0 Å². The van der Waals surface area contributed by atoms with Crippen LogP contribution in [-0.4, -0.2) is 21.6 Å². The van der Waals surface area contributed by atoms with Gasteiger partial charge < -0.3 is 19.1 Å². The minimum atomic E-state index is 0. The molecule has 0 saturated heterocycles. The zero-order valence-corrected chi connectivity index (χ0v) is 22.0. The largest absolute Gasteiger partial charge is 4.00 e. The van der Waals surface area contributed by atoms with Crippen molar-refractivity contribution in [2.45, 2.75) is 0 Å². The Morgan fingerprint density at radius 2 is 1.59 bits per heavy atom. The van der Waals surface area contributed by atoms with Gasteiger partial charge in [-0.2, -0.15) is 30.3 Å². The van der Waals surface area contributed by atoms with Gasteiger partial charge in [0.1, 0.15) is 11.6 Å². The van der Waals surface area contributed by atoms with Crippen LogP contribution in [0.15, 0.2) is 91.3 Å². The van der Waals surface area contributed by atoms with Gasteiger partial charge >= 0.3 is 21.1 Å². The molecule has 3 heterocycles. The predicted octanol–water partition coefficient (Wildman–Crippen LogP) is 6.47. The van der Waals surface area contributed by atoms with Crippen molar-refractivity contribution in [2.75, 3.05) is 16.8 Å². The summed E-state index contributed by atoms with van der Waals surface area (Å²) < 4.78 is 8.45. The van der Waals surface area contributed by atoms with Crippen LogP contribution in [0.5, 0.6) is 11.5 Å². The first-order valence-electron chi connectivity index (χ1n) is 11.6. The second-order valence-corrected chi connectivity index (χ2v) is 8.50. The Balaban J connectivity index is 0.00000252. The van der Waals surface area contributed by atoms with E-state index >= 15 is 0 Å². The number of fused-ring (bicyclic) bond motifs is 4. The summed E-state index contributed by atoms with van der Waals surface area (Å²) in [6.07, 6.45) is 3.38. The second kappa shape index (κ2) is 9.38. The van der Waals surface area contributed by atoms with Crippen LogP contribution in [0.25, 0.3) is 27.5 Å². The van der Waals surface area contributed by atoms with Crippen molar-refractivity contribution in [1.82, 2.24) is 14.5 Å². The van der Waals surface area contributed by atoms with Crippen LogP contribution < -0.4 is 14.5 Å². The third-order valence-electron chi connectivity index (χ3n) is 6.26. The van der Waals surface area contributed by atoms with Gasteiger partial charge in [-0.05, 0) is 18.5 Å². The number of hydrogen-bond donors (Lipinski definition) is 0. The molecule has 2 aromatic heterocycles. The molecule has 0 aliphatic carbocycles. The Bertz CT molecular complexity index is 1730. The Morgan fingerprint density at radius 3 is 2.46 bits per heavy atom. The van der Waals surface area contributed by atoms with Crippen molar-refractivity contribution < 1.29 is 25.8 Å². The van der Waals surface area contributed by atoms with Gasteiger partial charge in [-0.25, -0.2) is 9.97 Å². The number of nitrogens with zero attached hydrogens (tertiary/aromatic N) is 5. The fourth-order valence-corrected chi connectivity index (χ4v) is 4.69. The van der Waals surface area contributed by atoms with E-state index in [0.29, 0.717) is 11.5 Å². The van der Waals surface area contributed by atoms with Crippen LogP contribution in [0.2, 0.25) is 0 Å². The molecule has 0 saturated carbocycles. The van der Waals surface area contributed by atoms with Gasteiger partial charge in [0.05, 0.1) is 0 Å². The van der Waals surface area contributed by atoms with Crippen molar-refractivity contribution in [2.24, 2.45) is 0 Å². The van der Waals surface area contributed by atoms with Gasteiger partial charge in [0, 0.05) is 29.4 Å². The number of anilines is 3. The number of aromatic nitrogens is 3. The third kappa shape index (κ3) is 3.94. The molecule has 6 aromatic rings. The molecule has 4 aromatic carbocycles. The van der Waals surface area contributed by atoms with Crippen LogP contribution in [0, 0.1) is 24.9 Å². The Labute approximate surface area is 229 Å². The minimum absolute atomic E-state index is 0. The second-order valence-electron chi connectivity index (χ2n) is 8.50. The molecule has 0 spiro atoms. The monoisotopic (exact) mass is 660 g/mol.